The molecule has 0 unspecified atom stereocenters. The summed E-state index contributed by atoms with van der Waals surface area (Å²) in [6, 6.07) is 12.7. The van der Waals surface area contributed by atoms with Gasteiger partial charge in [-0.15, -0.1) is 0 Å². The summed E-state index contributed by atoms with van der Waals surface area (Å²) in [5.41, 5.74) is 2.89. The van der Waals surface area contributed by atoms with Gasteiger partial charge in [0.1, 0.15) is 0 Å². The van der Waals surface area contributed by atoms with Crippen molar-refractivity contribution < 1.29 is 14.3 Å². The minimum absolute atomic E-state index is 0.170. The number of nitrogens with zero attached hydrogens (tertiary/aromatic N) is 2. The second-order valence-corrected chi connectivity index (χ2v) is 7.37. The fourth-order valence-electron chi connectivity index (χ4n) is 2.72. The molecule has 1 aromatic heterocycles. The predicted molar refractivity (Wildman–Crippen MR) is 109 cm³/mol. The van der Waals surface area contributed by atoms with E-state index in [2.05, 4.69) is 21.0 Å². The Morgan fingerprint density at radius 1 is 1.15 bits per heavy atom. The van der Waals surface area contributed by atoms with Gasteiger partial charge in [-0.05, 0) is 30.3 Å². The van der Waals surface area contributed by atoms with Crippen LogP contribution < -0.4 is 0 Å². The van der Waals surface area contributed by atoms with Crippen molar-refractivity contribution in [1.29, 1.82) is 0 Å². The summed E-state index contributed by atoms with van der Waals surface area (Å²) in [4.78, 5) is 12.3. The molecule has 0 aliphatic heterocycles. The van der Waals surface area contributed by atoms with Crippen molar-refractivity contribution in [3.8, 4) is 16.9 Å². The highest BCUT2D eigenvalue weighted by Gasteiger charge is 2.26. The van der Waals surface area contributed by atoms with Gasteiger partial charge in [0.05, 0.1) is 30.1 Å². The number of benzene rings is 2. The molecule has 1 heterocycles. The van der Waals surface area contributed by atoms with Crippen molar-refractivity contribution in [3.63, 3.8) is 0 Å². The number of halogens is 3. The molecule has 0 saturated carbocycles. The van der Waals surface area contributed by atoms with Gasteiger partial charge in [-0.2, -0.15) is 5.10 Å². The molecule has 0 spiro atoms. The maximum Gasteiger partial charge on any atom is 0.358 e. The molecule has 140 valence electrons. The number of carbonyl (C=O) groups is 1. The monoisotopic (exact) mass is 468 g/mol. The topological polar surface area (TPSA) is 53.4 Å². The van der Waals surface area contributed by atoms with Crippen molar-refractivity contribution in [2.75, 3.05) is 14.2 Å². The Morgan fingerprint density at radius 3 is 2.44 bits per heavy atom. The van der Waals surface area contributed by atoms with Crippen LogP contribution >= 0.6 is 39.1 Å². The van der Waals surface area contributed by atoms with Crippen molar-refractivity contribution in [2.45, 2.75) is 6.61 Å². The predicted octanol–water partition coefficient (Wildman–Crippen LogP) is 5.54. The second kappa shape index (κ2) is 8.44. The van der Waals surface area contributed by atoms with Crippen LogP contribution in [0.1, 0.15) is 16.1 Å². The van der Waals surface area contributed by atoms with Crippen molar-refractivity contribution >= 4 is 45.1 Å². The standard InChI is InChI=1S/C19H15BrCl2N2O3/c1-26-10-14-17(19(25)27-2)23-24(16-8-5-12(20)9-15(16)22)18(14)11-3-6-13(21)7-4-11/h3-9H,10H2,1-2H3. The summed E-state index contributed by atoms with van der Waals surface area (Å²) in [5.74, 6) is -0.552. The minimum atomic E-state index is -0.552. The first-order chi connectivity index (χ1) is 13.0. The fourth-order valence-corrected chi connectivity index (χ4v) is 3.60. The average Bonchev–Trinajstić information content (AvgIpc) is 3.01. The van der Waals surface area contributed by atoms with E-state index in [1.165, 1.54) is 7.11 Å². The molecule has 0 saturated heterocycles. The molecule has 3 aromatic rings. The third-order valence-corrected chi connectivity index (χ3v) is 4.95. The molecular weight excluding hydrogens is 455 g/mol. The van der Waals surface area contributed by atoms with Crippen LogP contribution in [0.2, 0.25) is 10.0 Å². The number of hydrogen-bond donors (Lipinski definition) is 0. The molecule has 0 radical (unpaired) electrons. The lowest BCUT2D eigenvalue weighted by molar-refractivity contribution is 0.0588. The Hall–Kier alpha value is -1.86. The van der Waals surface area contributed by atoms with Crippen LogP contribution in [0.5, 0.6) is 0 Å². The molecule has 0 N–H and O–H groups in total. The molecule has 2 aromatic carbocycles. The van der Waals surface area contributed by atoms with Crippen LogP contribution in [0.4, 0.5) is 0 Å². The molecule has 0 aliphatic rings. The number of hydrogen-bond acceptors (Lipinski definition) is 4. The lowest BCUT2D eigenvalue weighted by atomic mass is 10.1. The lowest BCUT2D eigenvalue weighted by Crippen LogP contribution is -2.06. The number of rotatable bonds is 5. The molecule has 27 heavy (non-hydrogen) atoms. The molecule has 0 aliphatic carbocycles. The van der Waals surface area contributed by atoms with Crippen molar-refractivity contribution in [3.05, 3.63) is 68.2 Å². The number of carbonyl (C=O) groups excluding carboxylic acids is 1. The highest BCUT2D eigenvalue weighted by molar-refractivity contribution is 9.10. The molecular formula is C19H15BrCl2N2O3. The van der Waals surface area contributed by atoms with E-state index in [-0.39, 0.29) is 12.3 Å². The van der Waals surface area contributed by atoms with Gasteiger partial charge in [0.25, 0.3) is 0 Å². The fraction of sp³-hybridized carbons (Fsp3) is 0.158. The number of aromatic nitrogens is 2. The van der Waals surface area contributed by atoms with Crippen LogP contribution in [0, 0.1) is 0 Å². The molecule has 5 nitrogen and oxygen atoms in total. The first-order valence-corrected chi connectivity index (χ1v) is 9.41. The van der Waals surface area contributed by atoms with Gasteiger partial charge in [-0.25, -0.2) is 9.48 Å². The summed E-state index contributed by atoms with van der Waals surface area (Å²) >= 11 is 15.9. The summed E-state index contributed by atoms with van der Waals surface area (Å²) in [5, 5.41) is 5.57. The summed E-state index contributed by atoms with van der Waals surface area (Å²) in [7, 11) is 2.86. The van der Waals surface area contributed by atoms with E-state index in [1.54, 1.807) is 30.0 Å². The summed E-state index contributed by atoms with van der Waals surface area (Å²) < 4.78 is 12.7. The molecule has 3 rings (SSSR count). The Labute approximate surface area is 174 Å². The van der Waals surface area contributed by atoms with Crippen LogP contribution in [-0.2, 0) is 16.1 Å². The van der Waals surface area contributed by atoms with E-state index in [1.807, 2.05) is 24.3 Å². The highest BCUT2D eigenvalue weighted by atomic mass is 79.9. The normalized spacial score (nSPS) is 10.9. The maximum absolute atomic E-state index is 12.3. The first-order valence-electron chi connectivity index (χ1n) is 7.86. The van der Waals surface area contributed by atoms with Gasteiger partial charge in [-0.3, -0.25) is 0 Å². The van der Waals surface area contributed by atoms with E-state index >= 15 is 0 Å². The van der Waals surface area contributed by atoms with Gasteiger partial charge in [0, 0.05) is 27.7 Å². The zero-order chi connectivity index (χ0) is 19.6. The van der Waals surface area contributed by atoms with Crippen LogP contribution in [0.3, 0.4) is 0 Å². The first kappa shape index (κ1) is 19.9. The second-order valence-electron chi connectivity index (χ2n) is 5.61. The third kappa shape index (κ3) is 4.04. The van der Waals surface area contributed by atoms with E-state index in [0.717, 1.165) is 10.0 Å². The minimum Gasteiger partial charge on any atom is -0.464 e. The van der Waals surface area contributed by atoms with Gasteiger partial charge < -0.3 is 9.47 Å². The Kier molecular flexibility index (Phi) is 6.22. The SMILES string of the molecule is COCc1c(C(=O)OC)nn(-c2ccc(Br)cc2Cl)c1-c1ccc(Cl)cc1. The summed E-state index contributed by atoms with van der Waals surface area (Å²) in [6.45, 7) is 0.177. The van der Waals surface area contributed by atoms with Crippen molar-refractivity contribution in [1.82, 2.24) is 9.78 Å². The summed E-state index contributed by atoms with van der Waals surface area (Å²) in [6.07, 6.45) is 0. The quantitative estimate of drug-likeness (QED) is 0.460. The lowest BCUT2D eigenvalue weighted by Gasteiger charge is -2.12. The van der Waals surface area contributed by atoms with E-state index in [9.17, 15) is 4.79 Å². The smallest absolute Gasteiger partial charge is 0.358 e. The van der Waals surface area contributed by atoms with E-state index < -0.39 is 5.97 Å². The number of methoxy groups -OCH3 is 2. The van der Waals surface area contributed by atoms with E-state index in [4.69, 9.17) is 32.7 Å². The van der Waals surface area contributed by atoms with Crippen LogP contribution in [0.15, 0.2) is 46.9 Å². The van der Waals surface area contributed by atoms with E-state index in [0.29, 0.717) is 27.0 Å². The molecule has 0 amide bonds. The molecule has 8 heteroatoms. The van der Waals surface area contributed by atoms with Gasteiger partial charge in [0.2, 0.25) is 0 Å². The Morgan fingerprint density at radius 2 is 1.85 bits per heavy atom. The third-order valence-electron chi connectivity index (χ3n) is 3.91. The Bertz CT molecular complexity index is 987. The van der Waals surface area contributed by atoms with Gasteiger partial charge in [0.15, 0.2) is 5.69 Å². The van der Waals surface area contributed by atoms with Crippen LogP contribution in [0.25, 0.3) is 16.9 Å². The average molecular weight is 470 g/mol. The molecule has 0 fully saturated rings. The largest absolute Gasteiger partial charge is 0.464 e. The zero-order valence-corrected chi connectivity index (χ0v) is 17.6. The van der Waals surface area contributed by atoms with Crippen LogP contribution in [-0.4, -0.2) is 30.0 Å². The van der Waals surface area contributed by atoms with Gasteiger partial charge in [-0.1, -0.05) is 51.3 Å². The highest BCUT2D eigenvalue weighted by Crippen LogP contribution is 2.34. The zero-order valence-electron chi connectivity index (χ0n) is 14.5. The Balaban J connectivity index is 2.33. The molecule has 0 bridgehead atoms. The van der Waals surface area contributed by atoms with Crippen molar-refractivity contribution in [2.24, 2.45) is 0 Å². The molecule has 0 atom stereocenters. The maximum atomic E-state index is 12.3. The number of ether oxygens (including phenoxy) is 2. The van der Waals surface area contributed by atoms with Gasteiger partial charge >= 0.3 is 5.97 Å². The number of esters is 1.